The fourth-order valence-corrected chi connectivity index (χ4v) is 3.46. The molecule has 6 heteroatoms. The molecule has 1 saturated heterocycles. The number of amides is 1. The number of nitrogens with zero attached hydrogens (tertiary/aromatic N) is 3. The number of rotatable bonds is 1. The molecule has 0 N–H and O–H groups in total. The van der Waals surface area contributed by atoms with Gasteiger partial charge in [-0.1, -0.05) is 6.07 Å². The second-order valence-corrected chi connectivity index (χ2v) is 7.71. The Morgan fingerprint density at radius 3 is 2.59 bits per heavy atom. The Kier molecular flexibility index (Phi) is 4.05. The second-order valence-electron chi connectivity index (χ2n) is 6.90. The van der Waals surface area contributed by atoms with Crippen molar-refractivity contribution in [2.75, 3.05) is 18.0 Å². The van der Waals surface area contributed by atoms with E-state index in [-0.39, 0.29) is 12.1 Å². The lowest BCUT2D eigenvalue weighted by Crippen LogP contribution is -2.66. The Balaban J connectivity index is 1.72. The van der Waals surface area contributed by atoms with E-state index >= 15 is 0 Å². The van der Waals surface area contributed by atoms with E-state index in [0.717, 1.165) is 29.8 Å². The SMILES string of the molecule is CC(C)(C)OC(=O)N1CCN(c2cccc(Br)n2)[C@@H]2CC[C@H]21. The highest BCUT2D eigenvalue weighted by atomic mass is 79.9. The number of pyridine rings is 1. The van der Waals surface area contributed by atoms with Crippen LogP contribution < -0.4 is 4.90 Å². The predicted molar refractivity (Wildman–Crippen MR) is 89.0 cm³/mol. The van der Waals surface area contributed by atoms with Crippen LogP contribution in [0.15, 0.2) is 22.8 Å². The molecule has 2 heterocycles. The lowest BCUT2D eigenvalue weighted by Gasteiger charge is -2.53. The first-order valence-corrected chi connectivity index (χ1v) is 8.53. The van der Waals surface area contributed by atoms with Crippen LogP contribution in [0.5, 0.6) is 0 Å². The maximum Gasteiger partial charge on any atom is 0.410 e. The minimum atomic E-state index is -0.445. The van der Waals surface area contributed by atoms with E-state index in [0.29, 0.717) is 12.6 Å². The van der Waals surface area contributed by atoms with E-state index in [2.05, 4.69) is 25.8 Å². The van der Waals surface area contributed by atoms with Gasteiger partial charge in [-0.2, -0.15) is 0 Å². The van der Waals surface area contributed by atoms with Crippen LogP contribution in [0.4, 0.5) is 10.6 Å². The zero-order valence-corrected chi connectivity index (χ0v) is 14.8. The van der Waals surface area contributed by atoms with Gasteiger partial charge in [-0.15, -0.1) is 0 Å². The molecule has 1 aromatic heterocycles. The molecule has 2 atom stereocenters. The van der Waals surface area contributed by atoms with E-state index in [1.165, 1.54) is 0 Å². The molecular formula is C16H22BrN3O2. The number of anilines is 1. The third kappa shape index (κ3) is 3.07. The number of hydrogen-bond acceptors (Lipinski definition) is 4. The van der Waals surface area contributed by atoms with E-state index in [1.807, 2.05) is 43.9 Å². The molecule has 0 bridgehead atoms. The highest BCUT2D eigenvalue weighted by molar-refractivity contribution is 9.10. The zero-order valence-electron chi connectivity index (χ0n) is 13.3. The standard InChI is InChI=1S/C16H22BrN3O2/c1-16(2,3)22-15(21)20-10-9-19(11-7-8-12(11)20)14-6-4-5-13(17)18-14/h4-6,11-12H,7-10H2,1-3H3/t11-,12-/m1/s1. The molecule has 1 aromatic rings. The van der Waals surface area contributed by atoms with Gasteiger partial charge in [0.15, 0.2) is 0 Å². The summed E-state index contributed by atoms with van der Waals surface area (Å²) < 4.78 is 6.38. The Morgan fingerprint density at radius 2 is 2.00 bits per heavy atom. The second kappa shape index (κ2) is 5.72. The number of halogens is 1. The summed E-state index contributed by atoms with van der Waals surface area (Å²) in [7, 11) is 0. The smallest absolute Gasteiger partial charge is 0.410 e. The number of carbonyl (C=O) groups is 1. The van der Waals surface area contributed by atoms with Crippen molar-refractivity contribution in [2.45, 2.75) is 51.3 Å². The van der Waals surface area contributed by atoms with Crippen LogP contribution >= 0.6 is 15.9 Å². The van der Waals surface area contributed by atoms with Gasteiger partial charge in [0, 0.05) is 13.1 Å². The summed E-state index contributed by atoms with van der Waals surface area (Å²) in [6, 6.07) is 6.55. The summed E-state index contributed by atoms with van der Waals surface area (Å²) >= 11 is 3.43. The van der Waals surface area contributed by atoms with Crippen LogP contribution in [-0.2, 0) is 4.74 Å². The maximum atomic E-state index is 12.4. The fourth-order valence-electron chi connectivity index (χ4n) is 3.13. The minimum Gasteiger partial charge on any atom is -0.444 e. The molecular weight excluding hydrogens is 346 g/mol. The Bertz CT molecular complexity index is 573. The van der Waals surface area contributed by atoms with Gasteiger partial charge in [0.2, 0.25) is 0 Å². The van der Waals surface area contributed by atoms with E-state index < -0.39 is 5.60 Å². The van der Waals surface area contributed by atoms with E-state index in [4.69, 9.17) is 4.74 Å². The van der Waals surface area contributed by atoms with Gasteiger partial charge in [0.25, 0.3) is 0 Å². The van der Waals surface area contributed by atoms with Crippen molar-refractivity contribution in [3.05, 3.63) is 22.8 Å². The van der Waals surface area contributed by atoms with Gasteiger partial charge in [0.1, 0.15) is 16.0 Å². The number of hydrogen-bond donors (Lipinski definition) is 0. The Morgan fingerprint density at radius 1 is 1.27 bits per heavy atom. The molecule has 3 rings (SSSR count). The van der Waals surface area contributed by atoms with Crippen molar-refractivity contribution in [3.8, 4) is 0 Å². The molecule has 0 aromatic carbocycles. The van der Waals surface area contributed by atoms with Crippen LogP contribution in [0, 0.1) is 0 Å². The largest absolute Gasteiger partial charge is 0.444 e. The van der Waals surface area contributed by atoms with Crippen molar-refractivity contribution in [2.24, 2.45) is 0 Å². The molecule has 2 aliphatic rings. The van der Waals surface area contributed by atoms with Gasteiger partial charge < -0.3 is 14.5 Å². The monoisotopic (exact) mass is 367 g/mol. The van der Waals surface area contributed by atoms with Gasteiger partial charge in [-0.3, -0.25) is 0 Å². The molecule has 22 heavy (non-hydrogen) atoms. The fraction of sp³-hybridized carbons (Fsp3) is 0.625. The molecule has 0 radical (unpaired) electrons. The first-order chi connectivity index (χ1) is 10.3. The van der Waals surface area contributed by atoms with Gasteiger partial charge in [0.05, 0.1) is 12.1 Å². The van der Waals surface area contributed by atoms with E-state index in [9.17, 15) is 4.79 Å². The summed E-state index contributed by atoms with van der Waals surface area (Å²) in [5, 5.41) is 0. The number of fused-ring (bicyclic) bond motifs is 1. The predicted octanol–water partition coefficient (Wildman–Crippen LogP) is 3.43. The zero-order chi connectivity index (χ0) is 15.9. The van der Waals surface area contributed by atoms with Gasteiger partial charge in [-0.05, 0) is 61.7 Å². The highest BCUT2D eigenvalue weighted by Crippen LogP contribution is 2.36. The quantitative estimate of drug-likeness (QED) is 0.713. The lowest BCUT2D eigenvalue weighted by molar-refractivity contribution is -0.00456. The first-order valence-electron chi connectivity index (χ1n) is 7.74. The van der Waals surface area contributed by atoms with Crippen molar-refractivity contribution in [1.29, 1.82) is 0 Å². The van der Waals surface area contributed by atoms with Crippen LogP contribution in [0.25, 0.3) is 0 Å². The van der Waals surface area contributed by atoms with Crippen molar-refractivity contribution < 1.29 is 9.53 Å². The Labute approximate surface area is 139 Å². The third-order valence-corrected chi connectivity index (χ3v) is 4.65. The summed E-state index contributed by atoms with van der Waals surface area (Å²) in [6.07, 6.45) is 1.94. The highest BCUT2D eigenvalue weighted by Gasteiger charge is 2.46. The number of piperazine rings is 1. The average Bonchev–Trinajstić information content (AvgIpc) is 2.37. The molecule has 1 saturated carbocycles. The summed E-state index contributed by atoms with van der Waals surface area (Å²) in [5.41, 5.74) is -0.445. The van der Waals surface area contributed by atoms with Crippen LogP contribution in [0.2, 0.25) is 0 Å². The van der Waals surface area contributed by atoms with Crippen molar-refractivity contribution in [1.82, 2.24) is 9.88 Å². The number of aromatic nitrogens is 1. The number of ether oxygens (including phenoxy) is 1. The number of carbonyl (C=O) groups excluding carboxylic acids is 1. The van der Waals surface area contributed by atoms with Crippen LogP contribution in [-0.4, -0.2) is 46.8 Å². The third-order valence-electron chi connectivity index (χ3n) is 4.21. The topological polar surface area (TPSA) is 45.7 Å². The van der Waals surface area contributed by atoms with Crippen molar-refractivity contribution >= 4 is 27.8 Å². The normalized spacial score (nSPS) is 24.5. The minimum absolute atomic E-state index is 0.191. The maximum absolute atomic E-state index is 12.4. The molecule has 120 valence electrons. The Hall–Kier alpha value is -1.30. The molecule has 1 amide bonds. The molecule has 1 aliphatic carbocycles. The van der Waals surface area contributed by atoms with E-state index in [1.54, 1.807) is 0 Å². The lowest BCUT2D eigenvalue weighted by atomic mass is 9.82. The molecule has 0 unspecified atom stereocenters. The molecule has 2 fully saturated rings. The van der Waals surface area contributed by atoms with Crippen LogP contribution in [0.3, 0.4) is 0 Å². The summed E-state index contributed by atoms with van der Waals surface area (Å²) in [5.74, 6) is 0.980. The first kappa shape index (κ1) is 15.6. The van der Waals surface area contributed by atoms with Crippen LogP contribution in [0.1, 0.15) is 33.6 Å². The molecule has 5 nitrogen and oxygen atoms in total. The summed E-state index contributed by atoms with van der Waals surface area (Å²) in [4.78, 5) is 21.1. The van der Waals surface area contributed by atoms with Gasteiger partial charge >= 0.3 is 6.09 Å². The summed E-state index contributed by atoms with van der Waals surface area (Å²) in [6.45, 7) is 7.20. The van der Waals surface area contributed by atoms with Gasteiger partial charge in [-0.25, -0.2) is 9.78 Å². The molecule has 0 spiro atoms. The average molecular weight is 368 g/mol. The van der Waals surface area contributed by atoms with Crippen molar-refractivity contribution in [3.63, 3.8) is 0 Å². The molecule has 1 aliphatic heterocycles.